The number of alkyl halides is 3. The highest BCUT2D eigenvalue weighted by Crippen LogP contribution is 2.35. The van der Waals surface area contributed by atoms with Gasteiger partial charge in [-0.15, -0.1) is 0 Å². The van der Waals surface area contributed by atoms with Crippen molar-refractivity contribution < 1.29 is 32.2 Å². The van der Waals surface area contributed by atoms with Gasteiger partial charge in [0.1, 0.15) is 11.2 Å². The molecule has 0 radical (unpaired) electrons. The number of aromatic amines is 1. The second-order valence-corrected chi connectivity index (χ2v) is 8.27. The quantitative estimate of drug-likeness (QED) is 0.714. The van der Waals surface area contributed by atoms with Gasteiger partial charge in [0.2, 0.25) is 0 Å². The lowest BCUT2D eigenvalue weighted by atomic mass is 9.93. The molecule has 3 rings (SSSR count). The Labute approximate surface area is 175 Å². The van der Waals surface area contributed by atoms with Gasteiger partial charge in [0.15, 0.2) is 11.3 Å². The van der Waals surface area contributed by atoms with Gasteiger partial charge >= 0.3 is 18.2 Å². The Morgan fingerprint density at radius 1 is 1.19 bits per heavy atom. The van der Waals surface area contributed by atoms with Crippen LogP contribution in [-0.4, -0.2) is 57.4 Å². The standard InChI is InChI=1S/C19H23F3N4O5/c1-18(2,3)31-17(29)25-7-5-10(6-8-25)11-9-12(27)23-15-13(16(28)30-4)14(19(20,21)22)24-26(11)15/h9-10H,5-8H2,1-4H3,(H,23,27). The molecule has 2 aromatic rings. The Morgan fingerprint density at radius 3 is 2.32 bits per heavy atom. The number of hydrogen-bond donors (Lipinski definition) is 1. The lowest BCUT2D eigenvalue weighted by Gasteiger charge is -2.33. The summed E-state index contributed by atoms with van der Waals surface area (Å²) < 4.78 is 51.2. The van der Waals surface area contributed by atoms with E-state index in [0.717, 1.165) is 17.7 Å². The van der Waals surface area contributed by atoms with E-state index in [0.29, 0.717) is 25.9 Å². The Hall–Kier alpha value is -3.05. The average Bonchev–Trinajstić information content (AvgIpc) is 3.05. The Bertz CT molecular complexity index is 1060. The highest BCUT2D eigenvalue weighted by atomic mass is 19.4. The molecule has 0 bridgehead atoms. The van der Waals surface area contributed by atoms with Crippen molar-refractivity contribution >= 4 is 17.7 Å². The number of likely N-dealkylation sites (tertiary alicyclic amines) is 1. The molecule has 1 fully saturated rings. The van der Waals surface area contributed by atoms with E-state index < -0.39 is 40.7 Å². The van der Waals surface area contributed by atoms with Crippen molar-refractivity contribution in [1.29, 1.82) is 0 Å². The van der Waals surface area contributed by atoms with Crippen LogP contribution in [0.4, 0.5) is 18.0 Å². The summed E-state index contributed by atoms with van der Waals surface area (Å²) in [7, 11) is 0.945. The summed E-state index contributed by atoms with van der Waals surface area (Å²) in [6, 6.07) is 1.16. The summed E-state index contributed by atoms with van der Waals surface area (Å²) in [4.78, 5) is 40.2. The topological polar surface area (TPSA) is 106 Å². The molecule has 1 aliphatic heterocycles. The van der Waals surface area contributed by atoms with Crippen molar-refractivity contribution in [3.05, 3.63) is 33.4 Å². The summed E-state index contributed by atoms with van der Waals surface area (Å²) in [6.07, 6.45) is -4.64. The van der Waals surface area contributed by atoms with Crippen LogP contribution in [0.15, 0.2) is 10.9 Å². The van der Waals surface area contributed by atoms with Gasteiger partial charge in [-0.1, -0.05) is 0 Å². The van der Waals surface area contributed by atoms with Crippen molar-refractivity contribution in [3.63, 3.8) is 0 Å². The zero-order valence-corrected chi connectivity index (χ0v) is 17.5. The molecule has 12 heteroatoms. The molecule has 9 nitrogen and oxygen atoms in total. The number of piperidine rings is 1. The van der Waals surface area contributed by atoms with E-state index >= 15 is 0 Å². The highest BCUT2D eigenvalue weighted by molar-refractivity contribution is 5.97. The number of rotatable bonds is 2. The zero-order valence-electron chi connectivity index (χ0n) is 17.5. The maximum Gasteiger partial charge on any atom is 0.436 e. The van der Waals surface area contributed by atoms with Gasteiger partial charge in [0.25, 0.3) is 5.56 Å². The van der Waals surface area contributed by atoms with E-state index in [9.17, 15) is 27.6 Å². The number of amides is 1. The number of fused-ring (bicyclic) bond motifs is 1. The van der Waals surface area contributed by atoms with Crippen LogP contribution in [-0.2, 0) is 15.7 Å². The normalized spacial score (nSPS) is 15.9. The van der Waals surface area contributed by atoms with Crippen LogP contribution in [0.2, 0.25) is 0 Å². The van der Waals surface area contributed by atoms with Gasteiger partial charge < -0.3 is 19.4 Å². The second kappa shape index (κ2) is 7.89. The minimum Gasteiger partial charge on any atom is -0.465 e. The summed E-state index contributed by atoms with van der Waals surface area (Å²) >= 11 is 0. The van der Waals surface area contributed by atoms with Crippen molar-refractivity contribution in [2.24, 2.45) is 0 Å². The molecule has 0 unspecified atom stereocenters. The highest BCUT2D eigenvalue weighted by Gasteiger charge is 2.42. The van der Waals surface area contributed by atoms with Crippen LogP contribution in [0.25, 0.3) is 5.65 Å². The second-order valence-electron chi connectivity index (χ2n) is 8.27. The minimum atomic E-state index is -4.93. The Balaban J connectivity index is 1.97. The zero-order chi connectivity index (χ0) is 23.1. The molecule has 1 amide bonds. The summed E-state index contributed by atoms with van der Waals surface area (Å²) in [6.45, 7) is 5.84. The van der Waals surface area contributed by atoms with E-state index in [1.807, 2.05) is 0 Å². The number of halogens is 3. The Morgan fingerprint density at radius 2 is 1.81 bits per heavy atom. The number of carbonyl (C=O) groups is 2. The van der Waals surface area contributed by atoms with Crippen LogP contribution in [0.3, 0.4) is 0 Å². The maximum atomic E-state index is 13.5. The number of carbonyl (C=O) groups excluding carboxylic acids is 2. The van der Waals surface area contributed by atoms with Crippen molar-refractivity contribution in [2.75, 3.05) is 20.2 Å². The number of methoxy groups -OCH3 is 1. The molecule has 0 atom stereocenters. The number of H-pyrrole nitrogens is 1. The van der Waals surface area contributed by atoms with E-state index in [-0.39, 0.29) is 17.3 Å². The molecule has 0 aliphatic carbocycles. The number of aromatic nitrogens is 3. The fourth-order valence-corrected chi connectivity index (χ4v) is 3.54. The van der Waals surface area contributed by atoms with Crippen molar-refractivity contribution in [3.8, 4) is 0 Å². The SMILES string of the molecule is COC(=O)c1c(C(F)(F)F)nn2c(C3CCN(C(=O)OC(C)(C)C)CC3)cc(=O)[nH]c12. The molecule has 170 valence electrons. The lowest BCUT2D eigenvalue weighted by Crippen LogP contribution is -2.41. The first-order valence-electron chi connectivity index (χ1n) is 9.61. The predicted molar refractivity (Wildman–Crippen MR) is 102 cm³/mol. The molecular formula is C19H23F3N4O5. The molecule has 1 saturated heterocycles. The summed E-state index contributed by atoms with van der Waals surface area (Å²) in [5.41, 5.74) is -3.76. The van der Waals surface area contributed by atoms with Crippen LogP contribution < -0.4 is 5.56 Å². The van der Waals surface area contributed by atoms with Crippen molar-refractivity contribution in [1.82, 2.24) is 19.5 Å². The molecule has 0 saturated carbocycles. The smallest absolute Gasteiger partial charge is 0.436 e. The first-order valence-corrected chi connectivity index (χ1v) is 9.61. The molecule has 3 heterocycles. The van der Waals surface area contributed by atoms with Gasteiger partial charge in [-0.25, -0.2) is 14.1 Å². The summed E-state index contributed by atoms with van der Waals surface area (Å²) in [5.74, 6) is -1.61. The maximum absolute atomic E-state index is 13.5. The molecule has 31 heavy (non-hydrogen) atoms. The number of esters is 1. The number of nitrogens with one attached hydrogen (secondary N) is 1. The average molecular weight is 444 g/mol. The van der Waals surface area contributed by atoms with Gasteiger partial charge in [0.05, 0.1) is 12.8 Å². The van der Waals surface area contributed by atoms with E-state index in [1.54, 1.807) is 20.8 Å². The summed E-state index contributed by atoms with van der Waals surface area (Å²) in [5, 5.41) is 3.59. The fourth-order valence-electron chi connectivity index (χ4n) is 3.54. The Kier molecular flexibility index (Phi) is 5.76. The van der Waals surface area contributed by atoms with E-state index in [1.165, 1.54) is 4.90 Å². The van der Waals surface area contributed by atoms with Gasteiger partial charge in [-0.05, 0) is 33.6 Å². The lowest BCUT2D eigenvalue weighted by molar-refractivity contribution is -0.141. The number of ether oxygens (including phenoxy) is 2. The number of hydrogen-bond acceptors (Lipinski definition) is 6. The van der Waals surface area contributed by atoms with Gasteiger partial charge in [-0.3, -0.25) is 4.79 Å². The third-order valence-corrected chi connectivity index (χ3v) is 4.87. The largest absolute Gasteiger partial charge is 0.465 e. The monoisotopic (exact) mass is 444 g/mol. The van der Waals surface area contributed by atoms with Crippen LogP contribution in [0.5, 0.6) is 0 Å². The van der Waals surface area contributed by atoms with Crippen LogP contribution >= 0.6 is 0 Å². The molecular weight excluding hydrogens is 421 g/mol. The van der Waals surface area contributed by atoms with E-state index in [4.69, 9.17) is 4.74 Å². The van der Waals surface area contributed by atoms with Gasteiger partial charge in [-0.2, -0.15) is 18.3 Å². The number of nitrogens with zero attached hydrogens (tertiary/aromatic N) is 3. The third kappa shape index (κ3) is 4.67. The molecule has 0 aromatic carbocycles. The predicted octanol–water partition coefficient (Wildman–Crippen LogP) is 2.94. The molecule has 1 aliphatic rings. The fraction of sp³-hybridized carbons (Fsp3) is 0.579. The molecule has 2 aromatic heterocycles. The third-order valence-electron chi connectivity index (χ3n) is 4.87. The van der Waals surface area contributed by atoms with Gasteiger partial charge in [0, 0.05) is 25.1 Å². The van der Waals surface area contributed by atoms with Crippen molar-refractivity contribution in [2.45, 2.75) is 51.3 Å². The van der Waals surface area contributed by atoms with Crippen LogP contribution in [0, 0.1) is 0 Å². The minimum absolute atomic E-state index is 0.225. The molecule has 0 spiro atoms. The first-order chi connectivity index (χ1) is 14.3. The molecule has 1 N–H and O–H groups in total. The first kappa shape index (κ1) is 22.6. The van der Waals surface area contributed by atoms with E-state index in [2.05, 4.69) is 14.8 Å². The van der Waals surface area contributed by atoms with Crippen LogP contribution in [0.1, 0.15) is 61.3 Å².